The monoisotopic (exact) mass is 462 g/mol. The predicted molar refractivity (Wildman–Crippen MR) is 129 cm³/mol. The van der Waals surface area contributed by atoms with Crippen molar-refractivity contribution in [2.75, 3.05) is 32.6 Å². The summed E-state index contributed by atoms with van der Waals surface area (Å²) in [7, 11) is 3.51. The number of rotatable bonds is 7. The zero-order valence-corrected chi connectivity index (χ0v) is 19.1. The Hall–Kier alpha value is -3.71. The van der Waals surface area contributed by atoms with Crippen molar-refractivity contribution < 1.29 is 14.3 Å². The van der Waals surface area contributed by atoms with Crippen LogP contribution in [0.5, 0.6) is 5.75 Å². The van der Waals surface area contributed by atoms with Crippen LogP contribution in [0.3, 0.4) is 0 Å². The molecule has 7 nitrogen and oxygen atoms in total. The van der Waals surface area contributed by atoms with E-state index in [0.29, 0.717) is 33.3 Å². The average molecular weight is 463 g/mol. The number of nitrogens with one attached hydrogen (secondary N) is 1. The lowest BCUT2D eigenvalue weighted by Gasteiger charge is -2.15. The molecule has 0 fully saturated rings. The second-order valence-corrected chi connectivity index (χ2v) is 8.04. The summed E-state index contributed by atoms with van der Waals surface area (Å²) in [5.41, 5.74) is 2.38. The lowest BCUT2D eigenvalue weighted by atomic mass is 9.96. The number of ketones is 1. The second-order valence-electron chi connectivity index (χ2n) is 7.61. The average Bonchev–Trinajstić information content (AvgIpc) is 3.26. The van der Waals surface area contributed by atoms with E-state index in [1.807, 2.05) is 19.2 Å². The number of carbonyl (C=O) groups is 2. The maximum atomic E-state index is 13.1. The molecule has 3 aromatic rings. The third-order valence-corrected chi connectivity index (χ3v) is 5.65. The first kappa shape index (κ1) is 22.5. The van der Waals surface area contributed by atoms with Crippen molar-refractivity contribution in [3.8, 4) is 5.75 Å². The highest BCUT2D eigenvalue weighted by atomic mass is 35.5. The molecule has 4 rings (SSSR count). The van der Waals surface area contributed by atoms with E-state index in [-0.39, 0.29) is 18.1 Å². The largest absolute Gasteiger partial charge is 0.496 e. The van der Waals surface area contributed by atoms with Crippen LogP contribution in [-0.2, 0) is 6.42 Å². The molecule has 1 N–H and O–H groups in total. The minimum atomic E-state index is -0.385. The molecule has 0 spiro atoms. The van der Waals surface area contributed by atoms with Gasteiger partial charge in [-0.2, -0.15) is 0 Å². The van der Waals surface area contributed by atoms with Gasteiger partial charge < -0.3 is 15.0 Å². The number of nitrogens with zero attached hydrogens (tertiary/aromatic N) is 3. The SMILES string of the molecule is COc1cccc(C(=O)Nc2ccc(Cl)cn2)c1CC(=O)c1ccc(C2=NCCN2C)cc1. The van der Waals surface area contributed by atoms with E-state index < -0.39 is 0 Å². The molecule has 8 heteroatoms. The van der Waals surface area contributed by atoms with Crippen molar-refractivity contribution in [3.63, 3.8) is 0 Å². The topological polar surface area (TPSA) is 83.9 Å². The molecule has 1 aliphatic rings. The number of benzene rings is 2. The fourth-order valence-electron chi connectivity index (χ4n) is 3.70. The molecule has 0 radical (unpaired) electrons. The zero-order valence-electron chi connectivity index (χ0n) is 18.3. The van der Waals surface area contributed by atoms with Crippen molar-refractivity contribution >= 4 is 34.9 Å². The number of anilines is 1. The number of carbonyl (C=O) groups excluding carboxylic acids is 2. The van der Waals surface area contributed by atoms with Gasteiger partial charge in [-0.3, -0.25) is 14.6 Å². The Labute approximate surface area is 197 Å². The molecular weight excluding hydrogens is 440 g/mol. The van der Waals surface area contributed by atoms with Gasteiger partial charge in [0.05, 0.1) is 18.7 Å². The first-order chi connectivity index (χ1) is 16.0. The van der Waals surface area contributed by atoms with Gasteiger partial charge in [0, 0.05) is 48.5 Å². The maximum Gasteiger partial charge on any atom is 0.257 e. The summed E-state index contributed by atoms with van der Waals surface area (Å²) in [6.45, 7) is 1.66. The maximum absolute atomic E-state index is 13.1. The van der Waals surface area contributed by atoms with Crippen molar-refractivity contribution in [3.05, 3.63) is 88.1 Å². The van der Waals surface area contributed by atoms with Crippen LogP contribution in [-0.4, -0.2) is 54.7 Å². The Balaban J connectivity index is 1.56. The van der Waals surface area contributed by atoms with E-state index >= 15 is 0 Å². The zero-order chi connectivity index (χ0) is 23.4. The van der Waals surface area contributed by atoms with Crippen molar-refractivity contribution in [2.24, 2.45) is 4.99 Å². The number of Topliss-reactive ketones (excluding diaryl/α,β-unsaturated/α-hetero) is 1. The normalized spacial score (nSPS) is 12.9. The van der Waals surface area contributed by atoms with Crippen LogP contribution in [0, 0.1) is 0 Å². The smallest absolute Gasteiger partial charge is 0.257 e. The number of halogens is 1. The molecule has 168 valence electrons. The minimum absolute atomic E-state index is 0.0149. The van der Waals surface area contributed by atoms with Crippen LogP contribution in [0.4, 0.5) is 5.82 Å². The van der Waals surface area contributed by atoms with Crippen LogP contribution in [0.15, 0.2) is 65.8 Å². The lowest BCUT2D eigenvalue weighted by molar-refractivity contribution is 0.0991. The molecule has 0 saturated heterocycles. The molecule has 0 aliphatic carbocycles. The van der Waals surface area contributed by atoms with Gasteiger partial charge in [0.15, 0.2) is 5.78 Å². The molecule has 1 aliphatic heterocycles. The summed E-state index contributed by atoms with van der Waals surface area (Å²) in [4.78, 5) is 36.7. The van der Waals surface area contributed by atoms with E-state index in [9.17, 15) is 9.59 Å². The Kier molecular flexibility index (Phi) is 6.70. The molecule has 0 unspecified atom stereocenters. The first-order valence-corrected chi connectivity index (χ1v) is 10.8. The summed E-state index contributed by atoms with van der Waals surface area (Å²) in [6.07, 6.45) is 1.47. The van der Waals surface area contributed by atoms with Gasteiger partial charge in [-0.05, 0) is 24.3 Å². The number of hydrogen-bond acceptors (Lipinski definition) is 6. The number of ether oxygens (including phenoxy) is 1. The highest BCUT2D eigenvalue weighted by Crippen LogP contribution is 2.25. The number of amides is 1. The van der Waals surface area contributed by atoms with Crippen molar-refractivity contribution in [2.45, 2.75) is 6.42 Å². The number of pyridine rings is 1. The number of amidine groups is 1. The molecule has 33 heavy (non-hydrogen) atoms. The second kappa shape index (κ2) is 9.83. The highest BCUT2D eigenvalue weighted by molar-refractivity contribution is 6.30. The standard InChI is InChI=1S/C25H23ClN4O3/c1-30-13-12-27-24(30)17-8-6-16(7-9-17)21(31)14-20-19(4-3-5-22(20)33-2)25(32)29-23-11-10-18(26)15-28-23/h3-11,15H,12-14H2,1-2H3,(H,28,29,32). The van der Waals surface area contributed by atoms with Gasteiger partial charge in [-0.25, -0.2) is 4.98 Å². The van der Waals surface area contributed by atoms with Crippen LogP contribution in [0.2, 0.25) is 5.02 Å². The Morgan fingerprint density at radius 1 is 1.12 bits per heavy atom. The molecule has 1 amide bonds. The summed E-state index contributed by atoms with van der Waals surface area (Å²) in [5.74, 6) is 1.25. The van der Waals surface area contributed by atoms with Crippen LogP contribution >= 0.6 is 11.6 Å². The molecule has 1 aromatic heterocycles. The van der Waals surface area contributed by atoms with Gasteiger partial charge >= 0.3 is 0 Å². The lowest BCUT2D eigenvalue weighted by Crippen LogP contribution is -2.23. The molecule has 0 bridgehead atoms. The third kappa shape index (κ3) is 5.04. The molecular formula is C25H23ClN4O3. The molecule has 0 atom stereocenters. The van der Waals surface area contributed by atoms with Gasteiger partial charge in [0.1, 0.15) is 17.4 Å². The van der Waals surface area contributed by atoms with E-state index in [2.05, 4.69) is 20.2 Å². The summed E-state index contributed by atoms with van der Waals surface area (Å²) < 4.78 is 5.45. The van der Waals surface area contributed by atoms with Gasteiger partial charge in [-0.15, -0.1) is 0 Å². The van der Waals surface area contributed by atoms with Crippen LogP contribution in [0.25, 0.3) is 0 Å². The summed E-state index contributed by atoms with van der Waals surface area (Å²) in [5, 5.41) is 3.21. The third-order valence-electron chi connectivity index (χ3n) is 5.43. The Morgan fingerprint density at radius 3 is 2.55 bits per heavy atom. The Morgan fingerprint density at radius 2 is 1.91 bits per heavy atom. The summed E-state index contributed by atoms with van der Waals surface area (Å²) in [6, 6.07) is 15.7. The molecule has 2 heterocycles. The Bertz CT molecular complexity index is 1210. The first-order valence-electron chi connectivity index (χ1n) is 10.4. The quantitative estimate of drug-likeness (QED) is 0.534. The summed E-state index contributed by atoms with van der Waals surface area (Å²) >= 11 is 5.86. The van der Waals surface area contributed by atoms with Crippen molar-refractivity contribution in [1.82, 2.24) is 9.88 Å². The fraction of sp³-hybridized carbons (Fsp3) is 0.200. The number of aliphatic imine (C=N–C) groups is 1. The number of methoxy groups -OCH3 is 1. The van der Waals surface area contributed by atoms with E-state index in [0.717, 1.165) is 24.5 Å². The molecule has 0 saturated carbocycles. The number of aromatic nitrogens is 1. The highest BCUT2D eigenvalue weighted by Gasteiger charge is 2.20. The minimum Gasteiger partial charge on any atom is -0.496 e. The molecule has 2 aromatic carbocycles. The fourth-order valence-corrected chi connectivity index (χ4v) is 3.81. The van der Waals surface area contributed by atoms with Crippen molar-refractivity contribution in [1.29, 1.82) is 0 Å². The number of hydrogen-bond donors (Lipinski definition) is 1. The predicted octanol–water partition coefficient (Wildman–Crippen LogP) is 4.11. The van der Waals surface area contributed by atoms with Crippen LogP contribution in [0.1, 0.15) is 31.8 Å². The van der Waals surface area contributed by atoms with Gasteiger partial charge in [-0.1, -0.05) is 41.9 Å². The van der Waals surface area contributed by atoms with Crippen LogP contribution < -0.4 is 10.1 Å². The van der Waals surface area contributed by atoms with E-state index in [4.69, 9.17) is 16.3 Å². The van der Waals surface area contributed by atoms with Gasteiger partial charge in [0.2, 0.25) is 0 Å². The van der Waals surface area contributed by atoms with E-state index in [1.54, 1.807) is 42.5 Å². The van der Waals surface area contributed by atoms with E-state index in [1.165, 1.54) is 13.3 Å². The number of likely N-dealkylation sites (N-methyl/N-ethyl adjacent to an activating group) is 1. The van der Waals surface area contributed by atoms with Gasteiger partial charge in [0.25, 0.3) is 5.91 Å².